The summed E-state index contributed by atoms with van der Waals surface area (Å²) in [5.41, 5.74) is 4.97. The van der Waals surface area contributed by atoms with E-state index >= 15 is 0 Å². The number of hydrogen-bond donors (Lipinski definition) is 0. The topological polar surface area (TPSA) is 30.2 Å². The molecule has 1 saturated heterocycles. The Bertz CT molecular complexity index is 1190. The van der Waals surface area contributed by atoms with Gasteiger partial charge in [-0.05, 0) is 42.5 Å². The molecule has 0 bridgehead atoms. The van der Waals surface area contributed by atoms with Gasteiger partial charge >= 0.3 is 5.69 Å². The van der Waals surface area contributed by atoms with E-state index in [9.17, 15) is 4.79 Å². The van der Waals surface area contributed by atoms with Gasteiger partial charge in [0, 0.05) is 25.7 Å². The van der Waals surface area contributed by atoms with Crippen LogP contribution in [0.2, 0.25) is 0 Å². The fourth-order valence-electron chi connectivity index (χ4n) is 5.40. The zero-order chi connectivity index (χ0) is 22.6. The van der Waals surface area contributed by atoms with Crippen LogP contribution in [0.15, 0.2) is 89.7 Å². The van der Waals surface area contributed by atoms with Crippen LogP contribution in [0, 0.1) is 0 Å². The summed E-state index contributed by atoms with van der Waals surface area (Å²) < 4.78 is 4.07. The first-order valence-electron chi connectivity index (χ1n) is 12.3. The molecule has 1 fully saturated rings. The van der Waals surface area contributed by atoms with E-state index in [2.05, 4.69) is 95.3 Å². The monoisotopic (exact) mass is 439 g/mol. The summed E-state index contributed by atoms with van der Waals surface area (Å²) >= 11 is 0. The van der Waals surface area contributed by atoms with Crippen LogP contribution in [0.25, 0.3) is 11.0 Å². The Morgan fingerprint density at radius 3 is 1.91 bits per heavy atom. The van der Waals surface area contributed by atoms with Crippen molar-refractivity contribution < 1.29 is 0 Å². The normalized spacial score (nSPS) is 15.5. The van der Waals surface area contributed by atoms with Gasteiger partial charge in [0.05, 0.1) is 17.1 Å². The van der Waals surface area contributed by atoms with Gasteiger partial charge in [-0.25, -0.2) is 4.79 Å². The molecule has 33 heavy (non-hydrogen) atoms. The van der Waals surface area contributed by atoms with Gasteiger partial charge in [-0.1, -0.05) is 86.1 Å². The van der Waals surface area contributed by atoms with Gasteiger partial charge in [0.25, 0.3) is 0 Å². The number of fused-ring (bicyclic) bond motifs is 1. The average molecular weight is 440 g/mol. The third-order valence-corrected chi connectivity index (χ3v) is 7.06. The number of aryl methyl sites for hydroxylation is 1. The summed E-state index contributed by atoms with van der Waals surface area (Å²) in [5, 5.41) is 0. The molecular formula is C29H33N3O. The first-order chi connectivity index (χ1) is 16.3. The highest BCUT2D eigenvalue weighted by Gasteiger charge is 2.30. The second kappa shape index (κ2) is 9.80. The molecule has 0 saturated carbocycles. The highest BCUT2D eigenvalue weighted by atomic mass is 16.1. The van der Waals surface area contributed by atoms with E-state index in [1.165, 1.54) is 11.1 Å². The van der Waals surface area contributed by atoms with Crippen LogP contribution in [-0.4, -0.2) is 27.1 Å². The molecule has 0 unspecified atom stereocenters. The summed E-state index contributed by atoms with van der Waals surface area (Å²) in [6.45, 7) is 4.92. The lowest BCUT2D eigenvalue weighted by Crippen LogP contribution is -2.40. The number of aromatic nitrogens is 2. The molecule has 0 spiro atoms. The minimum atomic E-state index is 0.158. The maximum Gasteiger partial charge on any atom is 0.329 e. The van der Waals surface area contributed by atoms with Crippen LogP contribution in [0.1, 0.15) is 55.8 Å². The van der Waals surface area contributed by atoms with Gasteiger partial charge in [0.15, 0.2) is 0 Å². The van der Waals surface area contributed by atoms with Gasteiger partial charge in [0.2, 0.25) is 0 Å². The summed E-state index contributed by atoms with van der Waals surface area (Å²) in [7, 11) is 0. The number of para-hydroxylation sites is 2. The van der Waals surface area contributed by atoms with E-state index in [0.29, 0.717) is 0 Å². The predicted molar refractivity (Wildman–Crippen MR) is 136 cm³/mol. The molecule has 0 amide bonds. The lowest BCUT2D eigenvalue weighted by atomic mass is 9.94. The molecule has 0 N–H and O–H groups in total. The van der Waals surface area contributed by atoms with Crippen molar-refractivity contribution >= 4 is 11.0 Å². The molecule has 1 aliphatic rings. The van der Waals surface area contributed by atoms with E-state index in [1.807, 2.05) is 10.6 Å². The molecule has 0 atom stereocenters. The highest BCUT2D eigenvalue weighted by molar-refractivity contribution is 5.76. The van der Waals surface area contributed by atoms with Crippen LogP contribution >= 0.6 is 0 Å². The Hall–Kier alpha value is -3.11. The maximum absolute atomic E-state index is 13.5. The van der Waals surface area contributed by atoms with Crippen molar-refractivity contribution in [3.05, 3.63) is 107 Å². The van der Waals surface area contributed by atoms with Crippen molar-refractivity contribution in [3.8, 4) is 0 Å². The van der Waals surface area contributed by atoms with E-state index in [1.54, 1.807) is 0 Å². The molecule has 1 aromatic heterocycles. The third-order valence-electron chi connectivity index (χ3n) is 7.06. The fraction of sp³-hybridized carbons (Fsp3) is 0.345. The number of imidazole rings is 1. The number of piperidine rings is 1. The lowest BCUT2D eigenvalue weighted by molar-refractivity contribution is 0.153. The number of unbranched alkanes of at least 4 members (excludes halogenated alkanes) is 1. The second-order valence-corrected chi connectivity index (χ2v) is 9.14. The van der Waals surface area contributed by atoms with E-state index in [0.717, 1.165) is 56.4 Å². The molecule has 2 heterocycles. The van der Waals surface area contributed by atoms with Gasteiger partial charge in [-0.2, -0.15) is 0 Å². The average Bonchev–Trinajstić information content (AvgIpc) is 3.16. The largest absolute Gasteiger partial charge is 0.329 e. The van der Waals surface area contributed by atoms with Crippen LogP contribution in [0.3, 0.4) is 0 Å². The van der Waals surface area contributed by atoms with Gasteiger partial charge in [-0.15, -0.1) is 0 Å². The van der Waals surface area contributed by atoms with Crippen LogP contribution < -0.4 is 5.69 Å². The zero-order valence-corrected chi connectivity index (χ0v) is 19.4. The molecule has 4 nitrogen and oxygen atoms in total. The van der Waals surface area contributed by atoms with E-state index in [4.69, 9.17) is 0 Å². The first-order valence-corrected chi connectivity index (χ1v) is 12.3. The quantitative estimate of drug-likeness (QED) is 0.352. The predicted octanol–water partition coefficient (Wildman–Crippen LogP) is 6.03. The van der Waals surface area contributed by atoms with Crippen LogP contribution in [0.5, 0.6) is 0 Å². The van der Waals surface area contributed by atoms with Crippen LogP contribution in [0.4, 0.5) is 0 Å². The maximum atomic E-state index is 13.5. The lowest BCUT2D eigenvalue weighted by Gasteiger charge is -2.38. The van der Waals surface area contributed by atoms with Crippen molar-refractivity contribution in [2.45, 2.75) is 51.2 Å². The van der Waals surface area contributed by atoms with Crippen molar-refractivity contribution in [3.63, 3.8) is 0 Å². The van der Waals surface area contributed by atoms with Gasteiger partial charge in [-0.3, -0.25) is 14.0 Å². The zero-order valence-electron chi connectivity index (χ0n) is 19.4. The van der Waals surface area contributed by atoms with Crippen molar-refractivity contribution in [1.82, 2.24) is 14.0 Å². The van der Waals surface area contributed by atoms with E-state index < -0.39 is 0 Å². The molecule has 0 radical (unpaired) electrons. The molecule has 4 heteroatoms. The van der Waals surface area contributed by atoms with E-state index in [-0.39, 0.29) is 17.8 Å². The molecule has 5 rings (SSSR count). The number of rotatable bonds is 7. The molecule has 170 valence electrons. The standard InChI is InChI=1S/C29H33N3O/c1-2-3-20-31-26-16-10-11-17-27(26)32(29(31)33)25-18-21-30(22-19-25)28(23-12-6-4-7-13-23)24-14-8-5-9-15-24/h4-17,25,28H,2-3,18-22H2,1H3. The highest BCUT2D eigenvalue weighted by Crippen LogP contribution is 2.34. The molecular weight excluding hydrogens is 406 g/mol. The number of benzene rings is 3. The fourth-order valence-corrected chi connectivity index (χ4v) is 5.40. The van der Waals surface area contributed by atoms with Gasteiger partial charge < -0.3 is 0 Å². The minimum Gasteiger partial charge on any atom is -0.292 e. The Morgan fingerprint density at radius 1 is 0.788 bits per heavy atom. The minimum absolute atomic E-state index is 0.158. The molecule has 0 aliphatic carbocycles. The molecule has 1 aliphatic heterocycles. The summed E-state index contributed by atoms with van der Waals surface area (Å²) in [6.07, 6.45) is 4.09. The summed E-state index contributed by atoms with van der Waals surface area (Å²) in [5.74, 6) is 0. The third kappa shape index (κ3) is 4.28. The molecule has 4 aromatic rings. The van der Waals surface area contributed by atoms with Crippen LogP contribution in [-0.2, 0) is 6.54 Å². The summed E-state index contributed by atoms with van der Waals surface area (Å²) in [6, 6.07) is 30.4. The Labute approximate surface area is 196 Å². The van der Waals surface area contributed by atoms with Crippen molar-refractivity contribution in [1.29, 1.82) is 0 Å². The first kappa shape index (κ1) is 21.7. The Kier molecular flexibility index (Phi) is 6.45. The number of hydrogen-bond acceptors (Lipinski definition) is 2. The second-order valence-electron chi connectivity index (χ2n) is 9.14. The number of likely N-dealkylation sites (tertiary alicyclic amines) is 1. The van der Waals surface area contributed by atoms with Gasteiger partial charge in [0.1, 0.15) is 0 Å². The Morgan fingerprint density at radius 2 is 1.33 bits per heavy atom. The van der Waals surface area contributed by atoms with Crippen molar-refractivity contribution in [2.75, 3.05) is 13.1 Å². The number of nitrogens with zero attached hydrogens (tertiary/aromatic N) is 3. The summed E-state index contributed by atoms with van der Waals surface area (Å²) in [4.78, 5) is 16.0. The molecule has 3 aromatic carbocycles. The smallest absolute Gasteiger partial charge is 0.292 e. The van der Waals surface area contributed by atoms with Crippen molar-refractivity contribution in [2.24, 2.45) is 0 Å². The Balaban J connectivity index is 1.43. The SMILES string of the molecule is CCCCn1c(=O)n(C2CCN(C(c3ccccc3)c3ccccc3)CC2)c2ccccc21.